The molecule has 0 aliphatic carbocycles. The first-order chi connectivity index (χ1) is 15.0. The molecular formula is C22H18N4O4S. The Balaban J connectivity index is 1.70. The number of nitrogens with two attached hydrogens (primary N) is 1. The first-order valence-electron chi connectivity index (χ1n) is 9.19. The largest absolute Gasteiger partial charge is 0.493 e. The van der Waals surface area contributed by atoms with Crippen molar-refractivity contribution < 1.29 is 19.0 Å². The number of methoxy groups -OCH3 is 2. The van der Waals surface area contributed by atoms with Crippen LogP contribution in [-0.4, -0.2) is 29.7 Å². The SMILES string of the molecule is COc1cc2ncn(-c3cc(OCc4cccc(C#N)c4)c(C(N)=O)s3)c2cc1OC. The molecule has 8 nitrogen and oxygen atoms in total. The van der Waals surface area contributed by atoms with E-state index in [1.807, 2.05) is 16.7 Å². The first kappa shape index (κ1) is 20.3. The maximum atomic E-state index is 12.0. The predicted octanol–water partition coefficient (Wildman–Crippen LogP) is 3.65. The zero-order valence-corrected chi connectivity index (χ0v) is 17.6. The Labute approximate surface area is 182 Å². The highest BCUT2D eigenvalue weighted by molar-refractivity contribution is 7.16. The smallest absolute Gasteiger partial charge is 0.262 e. The van der Waals surface area contributed by atoms with E-state index in [1.54, 1.807) is 50.9 Å². The minimum Gasteiger partial charge on any atom is -0.493 e. The average Bonchev–Trinajstić information content (AvgIpc) is 3.40. The number of ether oxygens (including phenoxy) is 3. The highest BCUT2D eigenvalue weighted by Gasteiger charge is 2.19. The number of hydrogen-bond donors (Lipinski definition) is 1. The molecule has 4 rings (SSSR count). The van der Waals surface area contributed by atoms with Gasteiger partial charge in [0.15, 0.2) is 11.5 Å². The number of imidazole rings is 1. The van der Waals surface area contributed by atoms with Gasteiger partial charge in [-0.05, 0) is 17.7 Å². The van der Waals surface area contributed by atoms with Gasteiger partial charge in [-0.25, -0.2) is 4.98 Å². The van der Waals surface area contributed by atoms with E-state index in [2.05, 4.69) is 11.1 Å². The highest BCUT2D eigenvalue weighted by atomic mass is 32.1. The molecule has 2 aromatic heterocycles. The van der Waals surface area contributed by atoms with Gasteiger partial charge in [-0.15, -0.1) is 11.3 Å². The lowest BCUT2D eigenvalue weighted by atomic mass is 10.1. The highest BCUT2D eigenvalue weighted by Crippen LogP contribution is 2.37. The molecule has 31 heavy (non-hydrogen) atoms. The van der Waals surface area contributed by atoms with Gasteiger partial charge in [-0.3, -0.25) is 9.36 Å². The molecule has 0 radical (unpaired) electrons. The molecule has 1 amide bonds. The normalized spacial score (nSPS) is 10.6. The number of benzene rings is 2. The summed E-state index contributed by atoms with van der Waals surface area (Å²) < 4.78 is 18.4. The van der Waals surface area contributed by atoms with Gasteiger partial charge in [0.05, 0.1) is 36.9 Å². The van der Waals surface area contributed by atoms with Gasteiger partial charge in [0.25, 0.3) is 5.91 Å². The first-order valence-corrected chi connectivity index (χ1v) is 10.0. The van der Waals surface area contributed by atoms with Crippen LogP contribution in [0.3, 0.4) is 0 Å². The van der Waals surface area contributed by atoms with Gasteiger partial charge in [-0.1, -0.05) is 12.1 Å². The van der Waals surface area contributed by atoms with Crippen molar-refractivity contribution >= 4 is 28.3 Å². The second-order valence-electron chi connectivity index (χ2n) is 6.55. The van der Waals surface area contributed by atoms with E-state index in [0.29, 0.717) is 38.2 Å². The van der Waals surface area contributed by atoms with Crippen LogP contribution in [0.1, 0.15) is 20.8 Å². The third-order valence-electron chi connectivity index (χ3n) is 4.65. The number of nitrogens with zero attached hydrogens (tertiary/aromatic N) is 3. The number of carbonyl (C=O) groups excluding carboxylic acids is 1. The van der Waals surface area contributed by atoms with Crippen molar-refractivity contribution in [1.82, 2.24) is 9.55 Å². The molecule has 0 saturated heterocycles. The number of primary amides is 1. The van der Waals surface area contributed by atoms with Crippen molar-refractivity contribution in [1.29, 1.82) is 5.26 Å². The van der Waals surface area contributed by atoms with Crippen LogP contribution in [-0.2, 0) is 6.61 Å². The standard InChI is InChI=1S/C22H18N4O4S/c1-28-17-7-15-16(8-18(17)29-2)26(12-25-15)20-9-19(21(31-20)22(24)27)30-11-14-5-3-4-13(6-14)10-23/h3-9,12H,11H2,1-2H3,(H2,24,27). The second-order valence-corrected chi connectivity index (χ2v) is 7.58. The van der Waals surface area contributed by atoms with Crippen LogP contribution in [0, 0.1) is 11.3 Å². The van der Waals surface area contributed by atoms with Crippen LogP contribution < -0.4 is 19.9 Å². The van der Waals surface area contributed by atoms with Crippen molar-refractivity contribution in [3.05, 3.63) is 64.8 Å². The van der Waals surface area contributed by atoms with E-state index in [9.17, 15) is 4.79 Å². The van der Waals surface area contributed by atoms with Crippen LogP contribution >= 0.6 is 11.3 Å². The van der Waals surface area contributed by atoms with Crippen molar-refractivity contribution in [2.75, 3.05) is 14.2 Å². The van der Waals surface area contributed by atoms with Crippen LogP contribution in [0.5, 0.6) is 17.2 Å². The second kappa shape index (κ2) is 8.38. The molecule has 0 atom stereocenters. The van der Waals surface area contributed by atoms with Crippen molar-refractivity contribution in [3.63, 3.8) is 0 Å². The topological polar surface area (TPSA) is 112 Å². The third kappa shape index (κ3) is 3.89. The Morgan fingerprint density at radius 1 is 1.16 bits per heavy atom. The number of thiophene rings is 1. The van der Waals surface area contributed by atoms with Gasteiger partial charge < -0.3 is 19.9 Å². The van der Waals surface area contributed by atoms with E-state index in [4.69, 9.17) is 25.2 Å². The number of amides is 1. The van der Waals surface area contributed by atoms with E-state index < -0.39 is 5.91 Å². The van der Waals surface area contributed by atoms with Crippen molar-refractivity contribution in [2.45, 2.75) is 6.61 Å². The lowest BCUT2D eigenvalue weighted by molar-refractivity contribution is 0.1000. The number of carbonyl (C=O) groups is 1. The third-order valence-corrected chi connectivity index (χ3v) is 5.78. The summed E-state index contributed by atoms with van der Waals surface area (Å²) in [5.41, 5.74) is 8.42. The van der Waals surface area contributed by atoms with Gasteiger partial charge in [0.2, 0.25) is 0 Å². The van der Waals surface area contributed by atoms with Crippen molar-refractivity contribution in [2.24, 2.45) is 5.73 Å². The van der Waals surface area contributed by atoms with Crippen LogP contribution in [0.4, 0.5) is 0 Å². The van der Waals surface area contributed by atoms with Crippen LogP contribution in [0.25, 0.3) is 16.0 Å². The van der Waals surface area contributed by atoms with E-state index in [0.717, 1.165) is 11.1 Å². The Morgan fingerprint density at radius 2 is 1.94 bits per heavy atom. The van der Waals surface area contributed by atoms with Crippen molar-refractivity contribution in [3.8, 4) is 28.3 Å². The zero-order chi connectivity index (χ0) is 22.0. The Bertz CT molecular complexity index is 1320. The lowest BCUT2D eigenvalue weighted by Crippen LogP contribution is -2.10. The summed E-state index contributed by atoms with van der Waals surface area (Å²) in [6, 6.07) is 14.5. The van der Waals surface area contributed by atoms with E-state index in [-0.39, 0.29) is 6.61 Å². The molecule has 0 saturated carbocycles. The van der Waals surface area contributed by atoms with Gasteiger partial charge in [-0.2, -0.15) is 5.26 Å². The van der Waals surface area contributed by atoms with Crippen LogP contribution in [0.15, 0.2) is 48.8 Å². The molecule has 0 fully saturated rings. The fraction of sp³-hybridized carbons (Fsp3) is 0.136. The number of nitriles is 1. The number of rotatable bonds is 7. The minimum absolute atomic E-state index is 0.196. The van der Waals surface area contributed by atoms with E-state index >= 15 is 0 Å². The minimum atomic E-state index is -0.583. The summed E-state index contributed by atoms with van der Waals surface area (Å²) in [5, 5.41) is 9.77. The fourth-order valence-electron chi connectivity index (χ4n) is 3.16. The molecule has 2 N–H and O–H groups in total. The van der Waals surface area contributed by atoms with E-state index in [1.165, 1.54) is 11.3 Å². The molecule has 156 valence electrons. The summed E-state index contributed by atoms with van der Waals surface area (Å²) in [6.07, 6.45) is 1.65. The molecule has 2 heterocycles. The Hall–Kier alpha value is -4.03. The predicted molar refractivity (Wildman–Crippen MR) is 116 cm³/mol. The maximum Gasteiger partial charge on any atom is 0.262 e. The Morgan fingerprint density at radius 3 is 2.65 bits per heavy atom. The summed E-state index contributed by atoms with van der Waals surface area (Å²) >= 11 is 1.21. The van der Waals surface area contributed by atoms with Gasteiger partial charge in [0, 0.05) is 18.2 Å². The molecule has 4 aromatic rings. The lowest BCUT2D eigenvalue weighted by Gasteiger charge is -2.08. The summed E-state index contributed by atoms with van der Waals surface area (Å²) in [6.45, 7) is 0.196. The molecule has 0 bridgehead atoms. The number of fused-ring (bicyclic) bond motifs is 1. The fourth-order valence-corrected chi connectivity index (χ4v) is 4.10. The number of aromatic nitrogens is 2. The monoisotopic (exact) mass is 434 g/mol. The molecular weight excluding hydrogens is 416 g/mol. The Kier molecular flexibility index (Phi) is 5.47. The molecule has 2 aromatic carbocycles. The molecule has 0 spiro atoms. The molecule has 0 aliphatic rings. The average molecular weight is 434 g/mol. The van der Waals surface area contributed by atoms with Gasteiger partial charge in [0.1, 0.15) is 28.6 Å². The molecule has 0 unspecified atom stereocenters. The summed E-state index contributed by atoms with van der Waals surface area (Å²) in [7, 11) is 3.13. The molecule has 0 aliphatic heterocycles. The van der Waals surface area contributed by atoms with Crippen LogP contribution in [0.2, 0.25) is 0 Å². The quantitative estimate of drug-likeness (QED) is 0.475. The maximum absolute atomic E-state index is 12.0. The number of hydrogen-bond acceptors (Lipinski definition) is 7. The summed E-state index contributed by atoms with van der Waals surface area (Å²) in [5.74, 6) is 0.933. The molecule has 9 heteroatoms. The summed E-state index contributed by atoms with van der Waals surface area (Å²) in [4.78, 5) is 16.7. The van der Waals surface area contributed by atoms with Gasteiger partial charge >= 0.3 is 0 Å². The zero-order valence-electron chi connectivity index (χ0n) is 16.8.